The second-order valence-corrected chi connectivity index (χ2v) is 8.98. The number of carboxylic acid groups (broad SMARTS) is 2. The van der Waals surface area contributed by atoms with Gasteiger partial charge in [-0.2, -0.15) is 10.2 Å². The van der Waals surface area contributed by atoms with Crippen LogP contribution in [0.1, 0.15) is 111 Å². The van der Waals surface area contributed by atoms with Gasteiger partial charge in [0.15, 0.2) is 0 Å². The molecule has 0 atom stereocenters. The highest BCUT2D eigenvalue weighted by atomic mass is 16.4. The second kappa shape index (κ2) is 20.2. The van der Waals surface area contributed by atoms with E-state index in [2.05, 4.69) is 22.9 Å². The van der Waals surface area contributed by atoms with E-state index in [1.807, 2.05) is 0 Å². The first-order valence-corrected chi connectivity index (χ1v) is 13.3. The number of carboxylic acids is 2. The Morgan fingerprint density at radius 1 is 0.667 bits per heavy atom. The molecular formula is C29H43N3O4. The summed E-state index contributed by atoms with van der Waals surface area (Å²) in [5.41, 5.74) is 5.09. The highest BCUT2D eigenvalue weighted by molar-refractivity contribution is 5.88. The van der Waals surface area contributed by atoms with Crippen LogP contribution in [0.2, 0.25) is 0 Å². The molecular weight excluding hydrogens is 454 g/mol. The maximum atomic E-state index is 10.7. The van der Waals surface area contributed by atoms with Crippen LogP contribution in [0.4, 0.5) is 11.4 Å². The van der Waals surface area contributed by atoms with Gasteiger partial charge in [-0.3, -0.25) is 0 Å². The zero-order chi connectivity index (χ0) is 26.4. The first-order valence-electron chi connectivity index (χ1n) is 13.3. The van der Waals surface area contributed by atoms with E-state index in [9.17, 15) is 14.7 Å². The fourth-order valence-corrected chi connectivity index (χ4v) is 3.64. The summed E-state index contributed by atoms with van der Waals surface area (Å²) in [6.45, 7) is 3.41. The summed E-state index contributed by atoms with van der Waals surface area (Å²) in [5, 5.41) is 27.1. The Bertz CT molecular complexity index is 807. The lowest BCUT2D eigenvalue weighted by Crippen LogP contribution is -2.50. The topological polar surface area (TPSA) is 130 Å². The van der Waals surface area contributed by atoms with Gasteiger partial charge < -0.3 is 20.7 Å². The number of aromatic carboxylic acids is 2. The first-order chi connectivity index (χ1) is 17.5. The van der Waals surface area contributed by atoms with Crippen molar-refractivity contribution in [1.82, 2.24) is 0 Å². The van der Waals surface area contributed by atoms with Gasteiger partial charge in [-0.1, -0.05) is 89.7 Å². The van der Waals surface area contributed by atoms with Gasteiger partial charge in [0, 0.05) is 0 Å². The molecule has 4 N–H and O–H groups in total. The van der Waals surface area contributed by atoms with Gasteiger partial charge in [-0.05, 0) is 54.8 Å². The molecule has 198 valence electrons. The van der Waals surface area contributed by atoms with Crippen LogP contribution in [0.5, 0.6) is 0 Å². The molecule has 0 aliphatic carbocycles. The summed E-state index contributed by atoms with van der Waals surface area (Å²) in [5.74, 6) is -2.26. The van der Waals surface area contributed by atoms with E-state index in [1.165, 1.54) is 132 Å². The quantitative estimate of drug-likeness (QED) is 0.191. The molecule has 0 bridgehead atoms. The van der Waals surface area contributed by atoms with Crippen molar-refractivity contribution < 1.29 is 25.5 Å². The molecule has 0 saturated heterocycles. The Kier molecular flexibility index (Phi) is 17.3. The molecule has 0 fully saturated rings. The molecule has 0 unspecified atom stereocenters. The van der Waals surface area contributed by atoms with Crippen molar-refractivity contribution in [3.63, 3.8) is 0 Å². The van der Waals surface area contributed by atoms with Gasteiger partial charge >= 0.3 is 5.97 Å². The normalized spacial score (nSPS) is 10.7. The lowest BCUT2D eigenvalue weighted by molar-refractivity contribution is -0.368. The molecule has 0 saturated carbocycles. The van der Waals surface area contributed by atoms with Crippen LogP contribution < -0.4 is 10.8 Å². The van der Waals surface area contributed by atoms with Gasteiger partial charge in [-0.15, -0.1) is 0 Å². The number of unbranched alkanes of at least 4 members (excludes halogenated alkanes) is 12. The SMILES string of the molecule is CCCCCCCCCCCCCCC[NH3+].O=C([O-])c1ccc(N=Nc2ccc(C(=O)O)cc2)cc1. The first kappa shape index (κ1) is 31.0. The highest BCUT2D eigenvalue weighted by Crippen LogP contribution is 2.19. The van der Waals surface area contributed by atoms with Crippen molar-refractivity contribution in [3.05, 3.63) is 59.7 Å². The Labute approximate surface area is 215 Å². The number of azo groups is 1. The predicted octanol–water partition coefficient (Wildman–Crippen LogP) is 6.48. The number of benzene rings is 2. The Hall–Kier alpha value is -3.06. The van der Waals surface area contributed by atoms with Crippen molar-refractivity contribution in [2.45, 2.75) is 90.4 Å². The van der Waals surface area contributed by atoms with Crippen molar-refractivity contribution in [1.29, 1.82) is 0 Å². The van der Waals surface area contributed by atoms with Crippen LogP contribution in [0.15, 0.2) is 58.8 Å². The highest BCUT2D eigenvalue weighted by Gasteiger charge is 2.01. The molecule has 0 aromatic heterocycles. The van der Waals surface area contributed by atoms with Crippen molar-refractivity contribution in [2.75, 3.05) is 6.54 Å². The minimum Gasteiger partial charge on any atom is -0.545 e. The summed E-state index contributed by atoms with van der Waals surface area (Å²) >= 11 is 0. The van der Waals surface area contributed by atoms with Crippen LogP contribution in [-0.4, -0.2) is 23.6 Å². The largest absolute Gasteiger partial charge is 0.545 e. The molecule has 36 heavy (non-hydrogen) atoms. The zero-order valence-electron chi connectivity index (χ0n) is 21.8. The Morgan fingerprint density at radius 2 is 1.03 bits per heavy atom. The number of nitrogens with zero attached hydrogens (tertiary/aromatic N) is 2. The zero-order valence-corrected chi connectivity index (χ0v) is 21.8. The number of rotatable bonds is 17. The van der Waals surface area contributed by atoms with E-state index >= 15 is 0 Å². The van der Waals surface area contributed by atoms with Gasteiger partial charge in [0.25, 0.3) is 0 Å². The fraction of sp³-hybridized carbons (Fsp3) is 0.517. The number of hydrogen-bond acceptors (Lipinski definition) is 5. The average molecular weight is 498 g/mol. The molecule has 0 amide bonds. The Balaban J connectivity index is 0.000000371. The summed E-state index contributed by atoms with van der Waals surface area (Å²) in [6, 6.07) is 11.7. The van der Waals surface area contributed by atoms with E-state index in [0.29, 0.717) is 11.4 Å². The van der Waals surface area contributed by atoms with E-state index in [1.54, 1.807) is 0 Å². The molecule has 7 nitrogen and oxygen atoms in total. The second-order valence-electron chi connectivity index (χ2n) is 8.98. The van der Waals surface area contributed by atoms with Crippen LogP contribution in [0.3, 0.4) is 0 Å². The lowest BCUT2D eigenvalue weighted by atomic mass is 10.0. The van der Waals surface area contributed by atoms with Crippen LogP contribution in [0.25, 0.3) is 0 Å². The molecule has 2 aromatic rings. The van der Waals surface area contributed by atoms with E-state index in [-0.39, 0.29) is 11.1 Å². The number of quaternary nitrogens is 1. The van der Waals surface area contributed by atoms with Gasteiger partial charge in [0.2, 0.25) is 0 Å². The van der Waals surface area contributed by atoms with Crippen LogP contribution >= 0.6 is 0 Å². The molecule has 0 spiro atoms. The number of carbonyl (C=O) groups excluding carboxylic acids is 1. The number of carbonyl (C=O) groups is 2. The molecule has 0 heterocycles. The minimum atomic E-state index is -1.25. The Morgan fingerprint density at radius 3 is 1.36 bits per heavy atom. The standard InChI is InChI=1S/C15H33N.C14H10N2O4/c1-2-3-4-5-6-7-8-9-10-11-12-13-14-15-16;17-13(18)9-1-5-11(6-2-9)15-16-12-7-3-10(4-8-12)14(19)20/h2-16H2,1H3;1-8H,(H,17,18)(H,19,20). The molecule has 7 heteroatoms. The minimum absolute atomic E-state index is 0.0646. The smallest absolute Gasteiger partial charge is 0.335 e. The van der Waals surface area contributed by atoms with Crippen molar-refractivity contribution >= 4 is 23.3 Å². The van der Waals surface area contributed by atoms with Gasteiger partial charge in [0.1, 0.15) is 0 Å². The van der Waals surface area contributed by atoms with Gasteiger partial charge in [-0.25, -0.2) is 4.79 Å². The van der Waals surface area contributed by atoms with Crippen LogP contribution in [0, 0.1) is 0 Å². The summed E-state index contributed by atoms with van der Waals surface area (Å²) in [6.07, 6.45) is 18.7. The molecule has 0 aliphatic rings. The predicted molar refractivity (Wildman–Crippen MR) is 142 cm³/mol. The van der Waals surface area contributed by atoms with E-state index < -0.39 is 11.9 Å². The van der Waals surface area contributed by atoms with E-state index in [0.717, 1.165) is 6.54 Å². The average Bonchev–Trinajstić information content (AvgIpc) is 2.89. The fourth-order valence-electron chi connectivity index (χ4n) is 3.64. The summed E-state index contributed by atoms with van der Waals surface area (Å²) in [4.78, 5) is 21.2. The molecule has 0 radical (unpaired) electrons. The molecule has 2 rings (SSSR count). The maximum absolute atomic E-state index is 10.7. The number of hydrogen-bond donors (Lipinski definition) is 2. The third-order valence-corrected chi connectivity index (χ3v) is 5.85. The summed E-state index contributed by atoms with van der Waals surface area (Å²) in [7, 11) is 0. The maximum Gasteiger partial charge on any atom is 0.335 e. The lowest BCUT2D eigenvalue weighted by Gasteiger charge is -2.02. The summed E-state index contributed by atoms with van der Waals surface area (Å²) < 4.78 is 0. The monoisotopic (exact) mass is 497 g/mol. The molecule has 2 aromatic carbocycles. The third-order valence-electron chi connectivity index (χ3n) is 5.85. The van der Waals surface area contributed by atoms with Gasteiger partial charge in [0.05, 0.1) is 29.5 Å². The van der Waals surface area contributed by atoms with Crippen molar-refractivity contribution in [2.24, 2.45) is 10.2 Å². The van der Waals surface area contributed by atoms with E-state index in [4.69, 9.17) is 5.11 Å². The third kappa shape index (κ3) is 15.0. The van der Waals surface area contributed by atoms with Crippen molar-refractivity contribution in [3.8, 4) is 0 Å². The van der Waals surface area contributed by atoms with Crippen LogP contribution in [-0.2, 0) is 0 Å². The molecule has 0 aliphatic heterocycles.